The normalized spacial score (nSPS) is 12.7. The predicted octanol–water partition coefficient (Wildman–Crippen LogP) is 2.67. The number of hydrogen-bond acceptors (Lipinski definition) is 5. The number of benzene rings is 2. The minimum atomic E-state index is -3.97. The van der Waals surface area contributed by atoms with E-state index in [2.05, 4.69) is 0 Å². The summed E-state index contributed by atoms with van der Waals surface area (Å²) in [6.07, 6.45) is -0.995. The highest BCUT2D eigenvalue weighted by Gasteiger charge is 2.07. The maximum Gasteiger partial charge on any atom is 0.267 e. The molecular weight excluding hydrogens is 336 g/mol. The second-order valence-electron chi connectivity index (χ2n) is 5.02. The zero-order valence-corrected chi connectivity index (χ0v) is 14.0. The summed E-state index contributed by atoms with van der Waals surface area (Å²) in [6, 6.07) is 15.5. The van der Waals surface area contributed by atoms with E-state index in [0.717, 1.165) is 20.2 Å². The molecule has 0 aliphatic carbocycles. The van der Waals surface area contributed by atoms with Crippen molar-refractivity contribution in [1.29, 1.82) is 0 Å². The third-order valence-electron chi connectivity index (χ3n) is 2.94. The lowest BCUT2D eigenvalue weighted by molar-refractivity contribution is 0.215. The first kappa shape index (κ1) is 17.6. The fourth-order valence-electron chi connectivity index (χ4n) is 2.05. The van der Waals surface area contributed by atoms with Gasteiger partial charge in [-0.1, -0.05) is 24.3 Å². The molecule has 0 saturated heterocycles. The molecule has 2 aromatic carbocycles. The number of rotatable bonds is 2. The molecule has 0 amide bonds. The minimum Gasteiger partial charge on any atom is -0.392 e. The first-order valence-electron chi connectivity index (χ1n) is 6.82. The Balaban J connectivity index is 0.000000207. The second kappa shape index (κ2) is 7.18. The van der Waals surface area contributed by atoms with E-state index in [1.807, 2.05) is 48.5 Å². The van der Waals surface area contributed by atoms with E-state index < -0.39 is 22.0 Å². The van der Waals surface area contributed by atoms with Gasteiger partial charge in [0.05, 0.1) is 6.10 Å². The van der Waals surface area contributed by atoms with Crippen molar-refractivity contribution in [2.45, 2.75) is 13.0 Å². The third-order valence-corrected chi connectivity index (χ3v) is 4.99. The highest BCUT2D eigenvalue weighted by atomic mass is 32.2. The lowest BCUT2D eigenvalue weighted by Gasteiger charge is -1.99. The molecule has 0 bridgehead atoms. The zero-order chi connectivity index (χ0) is 17.0. The largest absolute Gasteiger partial charge is 0.392 e. The summed E-state index contributed by atoms with van der Waals surface area (Å²) in [6.45, 7) is 1.29. The molecule has 0 aliphatic rings. The van der Waals surface area contributed by atoms with Gasteiger partial charge in [-0.3, -0.25) is 9.35 Å². The molecule has 0 radical (unpaired) electrons. The highest BCUT2D eigenvalue weighted by Crippen LogP contribution is 2.23. The standard InChI is InChI=1S/C13H8OS.C3H8O4S/c14-13-9-5-1-3-7-11(9)15-12-8-4-2-6-10(12)13;1-3(4)2-8(5,6)7/h1-8H;3-4H,2H2,1H3,(H,5,6,7). The van der Waals surface area contributed by atoms with Gasteiger partial charge in [0.1, 0.15) is 5.75 Å². The van der Waals surface area contributed by atoms with Gasteiger partial charge in [0.2, 0.25) is 0 Å². The van der Waals surface area contributed by atoms with E-state index in [9.17, 15) is 13.2 Å². The van der Waals surface area contributed by atoms with Crippen LogP contribution in [0.15, 0.2) is 53.3 Å². The lowest BCUT2D eigenvalue weighted by Crippen LogP contribution is -2.16. The molecule has 122 valence electrons. The van der Waals surface area contributed by atoms with Crippen LogP contribution in [0.4, 0.5) is 0 Å². The van der Waals surface area contributed by atoms with Crippen LogP contribution in [-0.2, 0) is 10.1 Å². The first-order valence-corrected chi connectivity index (χ1v) is 9.24. The van der Waals surface area contributed by atoms with Crippen molar-refractivity contribution in [3.8, 4) is 0 Å². The maximum absolute atomic E-state index is 12.1. The third kappa shape index (κ3) is 4.84. The number of aliphatic hydroxyl groups excluding tert-OH is 1. The van der Waals surface area contributed by atoms with E-state index in [1.165, 1.54) is 6.92 Å². The molecule has 5 nitrogen and oxygen atoms in total. The number of hydrogen-bond donors (Lipinski definition) is 2. The molecule has 3 rings (SSSR count). The Hall–Kier alpha value is -1.80. The smallest absolute Gasteiger partial charge is 0.267 e. The molecule has 1 atom stereocenters. The predicted molar refractivity (Wildman–Crippen MR) is 93.7 cm³/mol. The van der Waals surface area contributed by atoms with Crippen LogP contribution in [0.2, 0.25) is 0 Å². The fourth-order valence-corrected chi connectivity index (χ4v) is 3.74. The van der Waals surface area contributed by atoms with E-state index >= 15 is 0 Å². The van der Waals surface area contributed by atoms with E-state index in [1.54, 1.807) is 11.3 Å². The first-order chi connectivity index (χ1) is 10.8. The molecule has 0 spiro atoms. The Bertz CT molecular complexity index is 917. The molecule has 2 N–H and O–H groups in total. The van der Waals surface area contributed by atoms with Gasteiger partial charge in [0.25, 0.3) is 10.1 Å². The maximum atomic E-state index is 12.1. The summed E-state index contributed by atoms with van der Waals surface area (Å²) in [5.41, 5.74) is 0.139. The van der Waals surface area contributed by atoms with Crippen molar-refractivity contribution in [3.63, 3.8) is 0 Å². The Kier molecular flexibility index (Phi) is 5.48. The summed E-state index contributed by atoms with van der Waals surface area (Å²) in [5, 5.41) is 9.99. The van der Waals surface area contributed by atoms with Crippen molar-refractivity contribution in [3.05, 3.63) is 58.8 Å². The molecule has 7 heteroatoms. The molecular formula is C16H16O5S2. The van der Waals surface area contributed by atoms with Gasteiger partial charge in [-0.25, -0.2) is 0 Å². The van der Waals surface area contributed by atoms with Crippen molar-refractivity contribution in [2.24, 2.45) is 0 Å². The van der Waals surface area contributed by atoms with Gasteiger partial charge < -0.3 is 5.11 Å². The van der Waals surface area contributed by atoms with Crippen molar-refractivity contribution in [1.82, 2.24) is 0 Å². The second-order valence-corrected chi connectivity index (χ2v) is 7.60. The van der Waals surface area contributed by atoms with E-state index in [0.29, 0.717) is 0 Å². The van der Waals surface area contributed by atoms with Crippen molar-refractivity contribution >= 4 is 41.6 Å². The Morgan fingerprint density at radius 3 is 1.78 bits per heavy atom. The van der Waals surface area contributed by atoms with Crippen LogP contribution in [-0.4, -0.2) is 29.9 Å². The minimum absolute atomic E-state index is 0.139. The summed E-state index contributed by atoms with van der Waals surface area (Å²) >= 11 is 1.67. The van der Waals surface area contributed by atoms with Crippen LogP contribution >= 0.6 is 11.3 Å². The van der Waals surface area contributed by atoms with Crippen LogP contribution in [0.5, 0.6) is 0 Å². The Morgan fingerprint density at radius 2 is 1.43 bits per heavy atom. The zero-order valence-electron chi connectivity index (χ0n) is 12.3. The topological polar surface area (TPSA) is 91.7 Å². The lowest BCUT2D eigenvalue weighted by atomic mass is 10.2. The monoisotopic (exact) mass is 352 g/mol. The van der Waals surface area contributed by atoms with Crippen LogP contribution in [0.1, 0.15) is 6.92 Å². The number of fused-ring (bicyclic) bond motifs is 2. The summed E-state index contributed by atoms with van der Waals surface area (Å²) < 4.78 is 29.8. The van der Waals surface area contributed by atoms with E-state index in [4.69, 9.17) is 9.66 Å². The molecule has 0 saturated carbocycles. The average molecular weight is 352 g/mol. The van der Waals surface area contributed by atoms with Gasteiger partial charge in [-0.2, -0.15) is 8.42 Å². The molecule has 1 aromatic heterocycles. The molecule has 3 aromatic rings. The fraction of sp³-hybridized carbons (Fsp3) is 0.188. The van der Waals surface area contributed by atoms with Gasteiger partial charge >= 0.3 is 0 Å². The van der Waals surface area contributed by atoms with Gasteiger partial charge in [0, 0.05) is 20.2 Å². The highest BCUT2D eigenvalue weighted by molar-refractivity contribution is 7.85. The van der Waals surface area contributed by atoms with Crippen LogP contribution in [0.25, 0.3) is 20.2 Å². The van der Waals surface area contributed by atoms with Gasteiger partial charge in [0.15, 0.2) is 5.43 Å². The molecule has 0 fully saturated rings. The molecule has 1 heterocycles. The Labute approximate surface area is 137 Å². The summed E-state index contributed by atoms with van der Waals surface area (Å²) in [4.78, 5) is 12.1. The van der Waals surface area contributed by atoms with Crippen LogP contribution in [0, 0.1) is 0 Å². The summed E-state index contributed by atoms with van der Waals surface area (Å²) in [7, 11) is -3.97. The quantitative estimate of drug-likeness (QED) is 0.546. The SMILES string of the molecule is CC(O)CS(=O)(=O)O.O=c1c2ccccc2sc2ccccc12. The number of aliphatic hydroxyl groups is 1. The molecule has 1 unspecified atom stereocenters. The summed E-state index contributed by atoms with van der Waals surface area (Å²) in [5.74, 6) is -0.590. The van der Waals surface area contributed by atoms with Gasteiger partial charge in [-0.05, 0) is 31.2 Å². The van der Waals surface area contributed by atoms with Crippen molar-refractivity contribution in [2.75, 3.05) is 5.75 Å². The Morgan fingerprint density at radius 1 is 1.00 bits per heavy atom. The molecule has 23 heavy (non-hydrogen) atoms. The van der Waals surface area contributed by atoms with Crippen LogP contribution in [0.3, 0.4) is 0 Å². The molecule has 0 aliphatic heterocycles. The average Bonchev–Trinajstić information content (AvgIpc) is 2.46. The van der Waals surface area contributed by atoms with E-state index in [-0.39, 0.29) is 5.43 Å². The van der Waals surface area contributed by atoms with Gasteiger partial charge in [-0.15, -0.1) is 11.3 Å². The van der Waals surface area contributed by atoms with Crippen molar-refractivity contribution < 1.29 is 18.1 Å². The van der Waals surface area contributed by atoms with Crippen LogP contribution < -0.4 is 5.43 Å².